The first-order chi connectivity index (χ1) is 10.3. The summed E-state index contributed by atoms with van der Waals surface area (Å²) in [5.41, 5.74) is 1.48. The summed E-state index contributed by atoms with van der Waals surface area (Å²) >= 11 is 3.26. The van der Waals surface area contributed by atoms with Crippen molar-refractivity contribution in [3.05, 3.63) is 61.6 Å². The summed E-state index contributed by atoms with van der Waals surface area (Å²) in [6, 6.07) is 5.18. The highest BCUT2D eigenvalue weighted by molar-refractivity contribution is 9.12. The van der Waals surface area contributed by atoms with Crippen molar-refractivity contribution < 1.29 is 14.5 Å². The van der Waals surface area contributed by atoms with E-state index in [4.69, 9.17) is 0 Å². The molecule has 0 unspecified atom stereocenters. The minimum Gasteiger partial charge on any atom is -0.289 e. The molecule has 0 N–H and O–H groups in total. The molecule has 2 rings (SSSR count). The lowest BCUT2D eigenvalue weighted by Crippen LogP contribution is -2.15. The maximum absolute atomic E-state index is 12.1. The highest BCUT2D eigenvalue weighted by Gasteiger charge is 2.21. The minimum atomic E-state index is -0.540. The molecule has 1 aromatic rings. The van der Waals surface area contributed by atoms with Crippen molar-refractivity contribution in [3.8, 4) is 0 Å². The Morgan fingerprint density at radius 2 is 1.82 bits per heavy atom. The number of amides is 1. The van der Waals surface area contributed by atoms with Gasteiger partial charge in [-0.3, -0.25) is 19.7 Å². The van der Waals surface area contributed by atoms with Gasteiger partial charge in [0, 0.05) is 23.3 Å². The number of ketones is 1. The summed E-state index contributed by atoms with van der Waals surface area (Å²) < 4.78 is 0.471. The summed E-state index contributed by atoms with van der Waals surface area (Å²) in [5.74, 6) is -0.637. The molecule has 1 aromatic carbocycles. The van der Waals surface area contributed by atoms with Crippen molar-refractivity contribution >= 4 is 39.0 Å². The summed E-state index contributed by atoms with van der Waals surface area (Å²) in [6.07, 6.45) is 1.53. The van der Waals surface area contributed by atoms with Crippen LogP contribution < -0.4 is 0 Å². The van der Waals surface area contributed by atoms with E-state index in [-0.39, 0.29) is 17.0 Å². The van der Waals surface area contributed by atoms with Crippen LogP contribution in [0.1, 0.15) is 24.2 Å². The third kappa shape index (κ3) is 3.09. The molecule has 1 amide bonds. The third-order valence-corrected chi connectivity index (χ3v) is 4.15. The molecule has 112 valence electrons. The number of allylic oxidation sites excluding steroid dienone is 4. The molecule has 22 heavy (non-hydrogen) atoms. The number of carbonyl (C=O) groups excluding carboxylic acids is 2. The summed E-state index contributed by atoms with van der Waals surface area (Å²) in [6.45, 7) is 3.30. The molecule has 0 heterocycles. The molecular formula is C15H11BrN2O4. The van der Waals surface area contributed by atoms with Crippen LogP contribution in [0, 0.1) is 10.1 Å². The van der Waals surface area contributed by atoms with Gasteiger partial charge in [0.25, 0.3) is 11.6 Å². The summed E-state index contributed by atoms with van der Waals surface area (Å²) in [7, 11) is 0. The van der Waals surface area contributed by atoms with Gasteiger partial charge in [0.1, 0.15) is 0 Å². The Bertz CT molecular complexity index is 773. The fraction of sp³-hybridized carbons (Fsp3) is 0.133. The van der Waals surface area contributed by atoms with E-state index in [1.807, 2.05) is 0 Å². The van der Waals surface area contributed by atoms with E-state index in [0.717, 1.165) is 0 Å². The maximum atomic E-state index is 12.1. The molecule has 0 atom stereocenters. The van der Waals surface area contributed by atoms with Gasteiger partial charge in [-0.15, -0.1) is 0 Å². The predicted octanol–water partition coefficient (Wildman–Crippen LogP) is 3.37. The molecule has 1 aliphatic carbocycles. The van der Waals surface area contributed by atoms with Crippen LogP contribution in [-0.4, -0.2) is 22.3 Å². The van der Waals surface area contributed by atoms with Crippen molar-refractivity contribution in [2.24, 2.45) is 4.99 Å². The molecular weight excluding hydrogens is 352 g/mol. The van der Waals surface area contributed by atoms with E-state index < -0.39 is 10.8 Å². The minimum absolute atomic E-state index is 0.0971. The monoisotopic (exact) mass is 362 g/mol. The Labute approximate surface area is 134 Å². The van der Waals surface area contributed by atoms with Crippen molar-refractivity contribution in [2.45, 2.75) is 13.8 Å². The number of carbonyl (C=O) groups is 2. The lowest BCUT2D eigenvalue weighted by molar-refractivity contribution is -0.384. The first-order valence-electron chi connectivity index (χ1n) is 6.28. The normalized spacial score (nSPS) is 16.8. The zero-order chi connectivity index (χ0) is 16.4. The van der Waals surface area contributed by atoms with Gasteiger partial charge in [-0.25, -0.2) is 4.99 Å². The van der Waals surface area contributed by atoms with Gasteiger partial charge >= 0.3 is 0 Å². The second-order valence-corrected chi connectivity index (χ2v) is 5.49. The molecule has 7 heteroatoms. The van der Waals surface area contributed by atoms with Gasteiger partial charge in [0.05, 0.1) is 15.1 Å². The SMILES string of the molecule is CC1=CC(=NC(=O)c2ccc([N+](=O)[O-])cc2)C(Br)=C(C)C1=O. The Hall–Kier alpha value is -2.41. The second-order valence-electron chi connectivity index (χ2n) is 4.70. The lowest BCUT2D eigenvalue weighted by atomic mass is 9.98. The maximum Gasteiger partial charge on any atom is 0.277 e. The molecule has 6 nitrogen and oxygen atoms in total. The lowest BCUT2D eigenvalue weighted by Gasteiger charge is -2.12. The summed E-state index contributed by atoms with van der Waals surface area (Å²) in [5, 5.41) is 10.6. The largest absolute Gasteiger partial charge is 0.289 e. The predicted molar refractivity (Wildman–Crippen MR) is 85.3 cm³/mol. The molecule has 0 fully saturated rings. The number of hydrogen-bond donors (Lipinski definition) is 0. The Morgan fingerprint density at radius 3 is 2.36 bits per heavy atom. The van der Waals surface area contributed by atoms with Gasteiger partial charge in [-0.1, -0.05) is 0 Å². The number of non-ortho nitro benzene ring substituents is 1. The average molecular weight is 363 g/mol. The highest BCUT2D eigenvalue weighted by atomic mass is 79.9. The number of benzene rings is 1. The standard InChI is InChI=1S/C15H11BrN2O4/c1-8-7-12(13(16)9(2)14(8)19)17-15(20)10-3-5-11(6-4-10)18(21)22/h3-7H,1-2H3. The number of rotatable bonds is 2. The molecule has 0 aromatic heterocycles. The molecule has 0 aliphatic heterocycles. The van der Waals surface area contributed by atoms with E-state index >= 15 is 0 Å². The molecule has 0 saturated carbocycles. The van der Waals surface area contributed by atoms with E-state index in [2.05, 4.69) is 20.9 Å². The first kappa shape index (κ1) is 16.0. The van der Waals surface area contributed by atoms with E-state index in [9.17, 15) is 19.7 Å². The highest BCUT2D eigenvalue weighted by Crippen LogP contribution is 2.24. The molecule has 1 aliphatic rings. The van der Waals surface area contributed by atoms with E-state index in [1.165, 1.54) is 30.3 Å². The number of nitrogens with zero attached hydrogens (tertiary/aromatic N) is 2. The number of hydrogen-bond acceptors (Lipinski definition) is 4. The first-order valence-corrected chi connectivity index (χ1v) is 7.07. The Balaban J connectivity index is 2.34. The molecule has 0 radical (unpaired) electrons. The topological polar surface area (TPSA) is 89.6 Å². The fourth-order valence-corrected chi connectivity index (χ4v) is 2.29. The third-order valence-electron chi connectivity index (χ3n) is 3.15. The number of aliphatic imine (C=N–C) groups is 1. The smallest absolute Gasteiger partial charge is 0.277 e. The quantitative estimate of drug-likeness (QED) is 0.458. The molecule has 0 spiro atoms. The Kier molecular flexibility index (Phi) is 4.46. The van der Waals surface area contributed by atoms with Crippen molar-refractivity contribution in [3.63, 3.8) is 0 Å². The van der Waals surface area contributed by atoms with Crippen LogP contribution in [0.25, 0.3) is 0 Å². The number of Topliss-reactive ketones (excluding diaryl/α,β-unsaturated/α-hetero) is 1. The van der Waals surface area contributed by atoms with Crippen LogP contribution in [0.5, 0.6) is 0 Å². The zero-order valence-electron chi connectivity index (χ0n) is 11.8. The van der Waals surface area contributed by atoms with Crippen LogP contribution >= 0.6 is 15.9 Å². The van der Waals surface area contributed by atoms with Crippen molar-refractivity contribution in [2.75, 3.05) is 0 Å². The fourth-order valence-electron chi connectivity index (χ4n) is 1.90. The van der Waals surface area contributed by atoms with Crippen molar-refractivity contribution in [1.82, 2.24) is 0 Å². The van der Waals surface area contributed by atoms with Crippen LogP contribution in [0.4, 0.5) is 5.69 Å². The van der Waals surface area contributed by atoms with Crippen LogP contribution in [0.2, 0.25) is 0 Å². The average Bonchev–Trinajstić information content (AvgIpc) is 2.50. The Morgan fingerprint density at radius 1 is 1.23 bits per heavy atom. The zero-order valence-corrected chi connectivity index (χ0v) is 13.4. The van der Waals surface area contributed by atoms with Crippen LogP contribution in [0.15, 0.2) is 51.0 Å². The van der Waals surface area contributed by atoms with Gasteiger partial charge in [0.2, 0.25) is 0 Å². The number of nitro benzene ring substituents is 1. The van der Waals surface area contributed by atoms with Crippen LogP contribution in [-0.2, 0) is 4.79 Å². The van der Waals surface area contributed by atoms with Crippen LogP contribution in [0.3, 0.4) is 0 Å². The van der Waals surface area contributed by atoms with Gasteiger partial charge < -0.3 is 0 Å². The second kappa shape index (κ2) is 6.15. The molecule has 0 saturated heterocycles. The molecule has 0 bridgehead atoms. The van der Waals surface area contributed by atoms with Crippen molar-refractivity contribution in [1.29, 1.82) is 0 Å². The van der Waals surface area contributed by atoms with E-state index in [1.54, 1.807) is 13.8 Å². The number of nitro groups is 1. The summed E-state index contributed by atoms with van der Waals surface area (Å²) in [4.78, 5) is 37.9. The number of halogens is 1. The van der Waals surface area contributed by atoms with Gasteiger partial charge in [0.15, 0.2) is 5.78 Å². The van der Waals surface area contributed by atoms with Gasteiger partial charge in [-0.2, -0.15) is 0 Å². The van der Waals surface area contributed by atoms with E-state index in [0.29, 0.717) is 21.3 Å². The van der Waals surface area contributed by atoms with Gasteiger partial charge in [-0.05, 0) is 53.6 Å².